The Labute approximate surface area is 125 Å². The number of halogens is 1. The Kier molecular flexibility index (Phi) is 5.26. The monoisotopic (exact) mass is 295 g/mol. The van der Waals surface area contributed by atoms with E-state index in [0.29, 0.717) is 12.5 Å². The minimum atomic E-state index is 0.579. The van der Waals surface area contributed by atoms with E-state index in [1.54, 1.807) is 0 Å². The number of aryl methyl sites for hydroxylation is 1. The van der Waals surface area contributed by atoms with E-state index in [9.17, 15) is 0 Å². The van der Waals surface area contributed by atoms with Crippen LogP contribution in [-0.4, -0.2) is 47.6 Å². The van der Waals surface area contributed by atoms with Crippen molar-refractivity contribution in [3.8, 4) is 5.75 Å². The molecule has 0 atom stereocenters. The van der Waals surface area contributed by atoms with Crippen molar-refractivity contribution in [2.24, 2.45) is 0 Å². The van der Waals surface area contributed by atoms with E-state index in [0.717, 1.165) is 42.1 Å². The van der Waals surface area contributed by atoms with Crippen molar-refractivity contribution in [3.05, 3.63) is 24.0 Å². The highest BCUT2D eigenvalue weighted by molar-refractivity contribution is 6.17. The molecule has 0 radical (unpaired) electrons. The molecule has 20 heavy (non-hydrogen) atoms. The first kappa shape index (κ1) is 15.1. The number of hydrogen-bond donors (Lipinski definition) is 0. The molecule has 0 saturated heterocycles. The van der Waals surface area contributed by atoms with Crippen molar-refractivity contribution in [3.63, 3.8) is 0 Å². The number of likely N-dealkylation sites (N-methyl/N-ethyl adjacent to an activating group) is 1. The lowest BCUT2D eigenvalue weighted by Gasteiger charge is -2.13. The summed E-state index contributed by atoms with van der Waals surface area (Å²) in [7, 11) is 4.15. The highest BCUT2D eigenvalue weighted by Crippen LogP contribution is 2.26. The molecule has 2 rings (SSSR count). The molecule has 0 unspecified atom stereocenters. The third-order valence-electron chi connectivity index (χ3n) is 3.21. The van der Waals surface area contributed by atoms with Crippen LogP contribution in [0.25, 0.3) is 11.0 Å². The Hall–Kier alpha value is -1.26. The third-order valence-corrected chi connectivity index (χ3v) is 3.40. The van der Waals surface area contributed by atoms with Gasteiger partial charge < -0.3 is 14.2 Å². The predicted octanol–water partition coefficient (Wildman–Crippen LogP) is 2.78. The van der Waals surface area contributed by atoms with Crippen LogP contribution >= 0.6 is 11.6 Å². The zero-order valence-electron chi connectivity index (χ0n) is 12.4. The van der Waals surface area contributed by atoms with Crippen molar-refractivity contribution in [1.82, 2.24) is 14.5 Å². The number of alkyl halides is 1. The maximum atomic E-state index is 5.90. The zero-order valence-corrected chi connectivity index (χ0v) is 13.2. The molecule has 0 N–H and O–H groups in total. The highest BCUT2D eigenvalue weighted by Gasteiger charge is 2.13. The molecular formula is C15H22ClN3O. The number of fused-ring (bicyclic) bond motifs is 1. The van der Waals surface area contributed by atoms with Gasteiger partial charge in [0.2, 0.25) is 0 Å². The van der Waals surface area contributed by atoms with Gasteiger partial charge in [-0.05, 0) is 33.2 Å². The van der Waals surface area contributed by atoms with Gasteiger partial charge in [-0.1, -0.05) is 6.07 Å². The zero-order chi connectivity index (χ0) is 14.5. The average Bonchev–Trinajstić information content (AvgIpc) is 2.76. The lowest BCUT2D eigenvalue weighted by Crippen LogP contribution is -2.19. The number of rotatable bonds is 7. The van der Waals surface area contributed by atoms with Crippen LogP contribution in [0.15, 0.2) is 18.2 Å². The van der Waals surface area contributed by atoms with E-state index < -0.39 is 0 Å². The van der Waals surface area contributed by atoms with Gasteiger partial charge in [-0.25, -0.2) is 4.98 Å². The Morgan fingerprint density at radius 3 is 2.80 bits per heavy atom. The van der Waals surface area contributed by atoms with Gasteiger partial charge >= 0.3 is 0 Å². The lowest BCUT2D eigenvalue weighted by molar-refractivity contribution is 0.343. The SMILES string of the molecule is CCOc1cccc2c1nc(CCCl)n2CCN(C)C. The summed E-state index contributed by atoms with van der Waals surface area (Å²) < 4.78 is 7.92. The molecule has 0 aliphatic carbocycles. The number of nitrogens with zero attached hydrogens (tertiary/aromatic N) is 3. The second kappa shape index (κ2) is 6.95. The second-order valence-electron chi connectivity index (χ2n) is 4.98. The van der Waals surface area contributed by atoms with E-state index in [2.05, 4.69) is 29.6 Å². The molecule has 0 saturated carbocycles. The molecule has 1 aromatic carbocycles. The maximum Gasteiger partial charge on any atom is 0.147 e. The summed E-state index contributed by atoms with van der Waals surface area (Å²) in [5, 5.41) is 0. The molecule has 0 bridgehead atoms. The first-order valence-electron chi connectivity index (χ1n) is 6.99. The molecule has 2 aromatic rings. The van der Waals surface area contributed by atoms with Crippen LogP contribution in [0.4, 0.5) is 0 Å². The summed E-state index contributed by atoms with van der Waals surface area (Å²) in [5.41, 5.74) is 2.06. The van der Waals surface area contributed by atoms with E-state index in [-0.39, 0.29) is 0 Å². The van der Waals surface area contributed by atoms with Crippen LogP contribution in [0.3, 0.4) is 0 Å². The third kappa shape index (κ3) is 3.25. The van der Waals surface area contributed by atoms with E-state index in [1.165, 1.54) is 0 Å². The molecule has 1 aromatic heterocycles. The molecule has 0 amide bonds. The quantitative estimate of drug-likeness (QED) is 0.736. The highest BCUT2D eigenvalue weighted by atomic mass is 35.5. The lowest BCUT2D eigenvalue weighted by atomic mass is 10.3. The average molecular weight is 296 g/mol. The summed E-state index contributed by atoms with van der Waals surface area (Å²) >= 11 is 5.90. The molecule has 0 fully saturated rings. The van der Waals surface area contributed by atoms with Gasteiger partial charge in [0, 0.05) is 25.4 Å². The molecule has 110 valence electrons. The number of para-hydroxylation sites is 1. The molecule has 4 nitrogen and oxygen atoms in total. The smallest absolute Gasteiger partial charge is 0.147 e. The summed E-state index contributed by atoms with van der Waals surface area (Å²) in [5.74, 6) is 2.46. The van der Waals surface area contributed by atoms with Crippen molar-refractivity contribution >= 4 is 22.6 Å². The normalized spacial score (nSPS) is 11.4. The van der Waals surface area contributed by atoms with Crippen molar-refractivity contribution in [2.45, 2.75) is 19.9 Å². The maximum absolute atomic E-state index is 5.90. The fourth-order valence-corrected chi connectivity index (χ4v) is 2.44. The summed E-state index contributed by atoms with van der Waals surface area (Å²) in [4.78, 5) is 6.90. The first-order valence-corrected chi connectivity index (χ1v) is 7.52. The Morgan fingerprint density at radius 1 is 1.35 bits per heavy atom. The number of hydrogen-bond acceptors (Lipinski definition) is 3. The van der Waals surface area contributed by atoms with Crippen LogP contribution in [-0.2, 0) is 13.0 Å². The second-order valence-corrected chi connectivity index (χ2v) is 5.36. The molecule has 0 aliphatic heterocycles. The van der Waals surface area contributed by atoms with E-state index >= 15 is 0 Å². The number of benzene rings is 1. The van der Waals surface area contributed by atoms with Crippen LogP contribution in [0, 0.1) is 0 Å². The number of ether oxygens (including phenoxy) is 1. The van der Waals surface area contributed by atoms with Crippen LogP contribution in [0.1, 0.15) is 12.7 Å². The molecular weight excluding hydrogens is 274 g/mol. The van der Waals surface area contributed by atoms with Crippen molar-refractivity contribution in [1.29, 1.82) is 0 Å². The van der Waals surface area contributed by atoms with Gasteiger partial charge in [0.1, 0.15) is 17.1 Å². The molecule has 0 aliphatic rings. The van der Waals surface area contributed by atoms with Gasteiger partial charge in [-0.2, -0.15) is 0 Å². The van der Waals surface area contributed by atoms with Crippen LogP contribution in [0.2, 0.25) is 0 Å². The van der Waals surface area contributed by atoms with Crippen LogP contribution < -0.4 is 4.74 Å². The van der Waals surface area contributed by atoms with E-state index in [4.69, 9.17) is 21.3 Å². The number of aromatic nitrogens is 2. The largest absolute Gasteiger partial charge is 0.492 e. The minimum absolute atomic E-state index is 0.579. The first-order chi connectivity index (χ1) is 9.67. The summed E-state index contributed by atoms with van der Waals surface area (Å²) in [6.07, 6.45) is 0.773. The van der Waals surface area contributed by atoms with Gasteiger partial charge in [0.05, 0.1) is 12.1 Å². The fraction of sp³-hybridized carbons (Fsp3) is 0.533. The Balaban J connectivity index is 2.45. The predicted molar refractivity (Wildman–Crippen MR) is 83.9 cm³/mol. The standard InChI is InChI=1S/C15H22ClN3O/c1-4-20-13-7-5-6-12-15(13)17-14(8-9-16)19(12)11-10-18(2)3/h5-7H,4,8-11H2,1-3H3. The van der Waals surface area contributed by atoms with Gasteiger partial charge in [-0.15, -0.1) is 11.6 Å². The fourth-order valence-electron chi connectivity index (χ4n) is 2.27. The van der Waals surface area contributed by atoms with Gasteiger partial charge in [0.15, 0.2) is 0 Å². The van der Waals surface area contributed by atoms with Crippen molar-refractivity contribution < 1.29 is 4.74 Å². The van der Waals surface area contributed by atoms with Gasteiger partial charge in [0.25, 0.3) is 0 Å². The van der Waals surface area contributed by atoms with Crippen LogP contribution in [0.5, 0.6) is 5.75 Å². The van der Waals surface area contributed by atoms with E-state index in [1.807, 2.05) is 19.1 Å². The van der Waals surface area contributed by atoms with Crippen molar-refractivity contribution in [2.75, 3.05) is 33.1 Å². The Morgan fingerprint density at radius 2 is 2.15 bits per heavy atom. The minimum Gasteiger partial charge on any atom is -0.492 e. The number of imidazole rings is 1. The topological polar surface area (TPSA) is 30.3 Å². The summed E-state index contributed by atoms with van der Waals surface area (Å²) in [6.45, 7) is 4.51. The Bertz CT molecular complexity index is 565. The molecule has 1 heterocycles. The summed E-state index contributed by atoms with van der Waals surface area (Å²) in [6, 6.07) is 6.09. The molecule has 5 heteroatoms. The molecule has 0 spiro atoms. The van der Waals surface area contributed by atoms with Gasteiger partial charge in [-0.3, -0.25) is 0 Å².